The summed E-state index contributed by atoms with van der Waals surface area (Å²) in [5.74, 6) is -0.225. The Morgan fingerprint density at radius 1 is 1.00 bits per heavy atom. The van der Waals surface area contributed by atoms with E-state index in [-0.39, 0.29) is 15.7 Å². The van der Waals surface area contributed by atoms with Crippen LogP contribution in [0.2, 0.25) is 5.02 Å². The summed E-state index contributed by atoms with van der Waals surface area (Å²) < 4.78 is 40.2. The summed E-state index contributed by atoms with van der Waals surface area (Å²) in [5, 5.41) is 0.224. The number of rotatable bonds is 7. The molecular weight excluding hydrogens is 389 g/mol. The van der Waals surface area contributed by atoms with E-state index in [1.165, 1.54) is 18.2 Å². The highest BCUT2D eigenvalue weighted by Crippen LogP contribution is 2.20. The lowest BCUT2D eigenvalue weighted by Crippen LogP contribution is -2.47. The van der Waals surface area contributed by atoms with Crippen molar-refractivity contribution in [3.8, 4) is 0 Å². The molecule has 0 bridgehead atoms. The van der Waals surface area contributed by atoms with Gasteiger partial charge in [-0.25, -0.2) is 17.5 Å². The van der Waals surface area contributed by atoms with Gasteiger partial charge in [-0.15, -0.1) is 0 Å². The normalized spacial score (nSPS) is 15.9. The molecule has 1 heterocycles. The lowest BCUT2D eigenvalue weighted by molar-refractivity contribution is 0.255. The molecule has 146 valence electrons. The summed E-state index contributed by atoms with van der Waals surface area (Å²) in [6.45, 7) is 4.73. The van der Waals surface area contributed by atoms with E-state index >= 15 is 0 Å². The number of nitrogens with one attached hydrogen (secondary N) is 1. The van der Waals surface area contributed by atoms with Gasteiger partial charge < -0.3 is 4.90 Å². The molecule has 27 heavy (non-hydrogen) atoms. The quantitative estimate of drug-likeness (QED) is 0.712. The molecule has 2 aromatic carbocycles. The topological polar surface area (TPSA) is 52.7 Å². The van der Waals surface area contributed by atoms with Crippen molar-refractivity contribution in [3.63, 3.8) is 0 Å². The number of hydrogen-bond acceptors (Lipinski definition) is 4. The smallest absolute Gasteiger partial charge is 0.242 e. The first-order valence-corrected chi connectivity index (χ1v) is 10.8. The molecule has 0 spiro atoms. The predicted molar refractivity (Wildman–Crippen MR) is 106 cm³/mol. The molecule has 5 nitrogen and oxygen atoms in total. The van der Waals surface area contributed by atoms with Crippen molar-refractivity contribution in [1.29, 1.82) is 0 Å². The number of anilines is 1. The van der Waals surface area contributed by atoms with E-state index in [1.807, 2.05) is 0 Å². The van der Waals surface area contributed by atoms with Crippen LogP contribution in [-0.2, 0) is 10.0 Å². The number of halogens is 2. The molecule has 1 aliphatic rings. The molecule has 1 N–H and O–H groups in total. The second-order valence-electron chi connectivity index (χ2n) is 6.49. The second kappa shape index (κ2) is 9.01. The van der Waals surface area contributed by atoms with Crippen LogP contribution in [0.4, 0.5) is 10.1 Å². The summed E-state index contributed by atoms with van der Waals surface area (Å²) in [5.41, 5.74) is 1.03. The van der Waals surface area contributed by atoms with Crippen molar-refractivity contribution in [2.45, 2.75) is 11.3 Å². The van der Waals surface area contributed by atoms with Gasteiger partial charge >= 0.3 is 0 Å². The van der Waals surface area contributed by atoms with Gasteiger partial charge in [-0.05, 0) is 49.4 Å². The fourth-order valence-corrected chi connectivity index (χ4v) is 4.72. The van der Waals surface area contributed by atoms with Crippen LogP contribution in [0, 0.1) is 5.82 Å². The fourth-order valence-electron chi connectivity index (χ4n) is 3.13. The number of piperazine rings is 1. The molecule has 3 rings (SSSR count). The SMILES string of the molecule is O=S(=O)(NCCCN1CCN(c2ccc(F)cc2)CC1)c1ccccc1Cl. The molecule has 0 atom stereocenters. The lowest BCUT2D eigenvalue weighted by atomic mass is 10.2. The van der Waals surface area contributed by atoms with E-state index in [9.17, 15) is 12.8 Å². The Balaban J connectivity index is 1.40. The molecule has 0 aromatic heterocycles. The maximum absolute atomic E-state index is 13.0. The van der Waals surface area contributed by atoms with E-state index < -0.39 is 10.0 Å². The minimum absolute atomic E-state index is 0.111. The van der Waals surface area contributed by atoms with Crippen molar-refractivity contribution in [3.05, 3.63) is 59.4 Å². The Morgan fingerprint density at radius 3 is 2.33 bits per heavy atom. The number of nitrogens with zero attached hydrogens (tertiary/aromatic N) is 2. The van der Waals surface area contributed by atoms with E-state index in [0.717, 1.165) is 44.8 Å². The van der Waals surface area contributed by atoms with Gasteiger partial charge in [-0.2, -0.15) is 0 Å². The Hall–Kier alpha value is -1.67. The third kappa shape index (κ3) is 5.42. The molecule has 1 aliphatic heterocycles. The van der Waals surface area contributed by atoms with E-state index in [2.05, 4.69) is 14.5 Å². The van der Waals surface area contributed by atoms with Crippen molar-refractivity contribution in [1.82, 2.24) is 9.62 Å². The lowest BCUT2D eigenvalue weighted by Gasteiger charge is -2.36. The van der Waals surface area contributed by atoms with Crippen LogP contribution in [-0.4, -0.2) is 52.6 Å². The molecule has 8 heteroatoms. The fraction of sp³-hybridized carbons (Fsp3) is 0.368. The van der Waals surface area contributed by atoms with Gasteiger partial charge in [0.2, 0.25) is 10.0 Å². The second-order valence-corrected chi connectivity index (χ2v) is 8.63. The maximum Gasteiger partial charge on any atom is 0.242 e. The van der Waals surface area contributed by atoms with Crippen molar-refractivity contribution in [2.24, 2.45) is 0 Å². The minimum atomic E-state index is -3.58. The van der Waals surface area contributed by atoms with Crippen molar-refractivity contribution in [2.75, 3.05) is 44.2 Å². The molecule has 1 saturated heterocycles. The highest BCUT2D eigenvalue weighted by molar-refractivity contribution is 7.89. The predicted octanol–water partition coefficient (Wildman–Crippen LogP) is 2.97. The van der Waals surface area contributed by atoms with Gasteiger partial charge in [-0.3, -0.25) is 4.90 Å². The Labute approximate surface area is 164 Å². The first kappa shape index (κ1) is 20.1. The molecule has 1 fully saturated rings. The molecule has 0 aliphatic carbocycles. The van der Waals surface area contributed by atoms with Crippen LogP contribution in [0.15, 0.2) is 53.4 Å². The average molecular weight is 412 g/mol. The Morgan fingerprint density at radius 2 is 1.67 bits per heavy atom. The van der Waals surface area contributed by atoms with E-state index in [0.29, 0.717) is 6.54 Å². The van der Waals surface area contributed by atoms with Gasteiger partial charge in [0.1, 0.15) is 10.7 Å². The summed E-state index contributed by atoms with van der Waals surface area (Å²) in [6.07, 6.45) is 0.722. The van der Waals surface area contributed by atoms with Crippen LogP contribution in [0.25, 0.3) is 0 Å². The summed E-state index contributed by atoms with van der Waals surface area (Å²) in [4.78, 5) is 4.65. The molecule has 2 aromatic rings. The third-order valence-electron chi connectivity index (χ3n) is 4.63. The number of benzene rings is 2. The molecular formula is C19H23ClFN3O2S. The van der Waals surface area contributed by atoms with Gasteiger partial charge in [0, 0.05) is 38.4 Å². The zero-order valence-corrected chi connectivity index (χ0v) is 16.5. The highest BCUT2D eigenvalue weighted by Gasteiger charge is 2.19. The van der Waals surface area contributed by atoms with Gasteiger partial charge in [0.05, 0.1) is 5.02 Å². The molecule has 0 amide bonds. The van der Waals surface area contributed by atoms with Gasteiger partial charge in [0.25, 0.3) is 0 Å². The Bertz CT molecular complexity index is 854. The molecule has 0 radical (unpaired) electrons. The van der Waals surface area contributed by atoms with Crippen LogP contribution >= 0.6 is 11.6 Å². The number of sulfonamides is 1. The number of hydrogen-bond donors (Lipinski definition) is 1. The Kier molecular flexibility index (Phi) is 6.70. The largest absolute Gasteiger partial charge is 0.369 e. The standard InChI is InChI=1S/C19H23ClFN3O2S/c20-18-4-1-2-5-19(18)27(25,26)22-10-3-11-23-12-14-24(15-13-23)17-8-6-16(21)7-9-17/h1-2,4-9,22H,3,10-15H2. The summed E-state index contributed by atoms with van der Waals surface area (Å²) >= 11 is 5.96. The van der Waals surface area contributed by atoms with Crippen molar-refractivity contribution >= 4 is 27.3 Å². The molecule has 0 unspecified atom stereocenters. The summed E-state index contributed by atoms with van der Waals surface area (Å²) in [7, 11) is -3.58. The van der Waals surface area contributed by atoms with Crippen LogP contribution in [0.5, 0.6) is 0 Å². The van der Waals surface area contributed by atoms with Crippen LogP contribution in [0.1, 0.15) is 6.42 Å². The van der Waals surface area contributed by atoms with Crippen LogP contribution in [0.3, 0.4) is 0 Å². The first-order valence-electron chi connectivity index (χ1n) is 8.93. The summed E-state index contributed by atoms with van der Waals surface area (Å²) in [6, 6.07) is 13.0. The van der Waals surface area contributed by atoms with Crippen molar-refractivity contribution < 1.29 is 12.8 Å². The third-order valence-corrected chi connectivity index (χ3v) is 6.59. The van der Waals surface area contributed by atoms with E-state index in [1.54, 1.807) is 30.3 Å². The van der Waals surface area contributed by atoms with Gasteiger partial charge in [0.15, 0.2) is 0 Å². The first-order chi connectivity index (χ1) is 13.0. The monoisotopic (exact) mass is 411 g/mol. The van der Waals surface area contributed by atoms with Crippen LogP contribution < -0.4 is 9.62 Å². The average Bonchev–Trinajstić information content (AvgIpc) is 2.67. The maximum atomic E-state index is 13.0. The highest BCUT2D eigenvalue weighted by atomic mass is 35.5. The zero-order valence-electron chi connectivity index (χ0n) is 14.9. The van der Waals surface area contributed by atoms with E-state index in [4.69, 9.17) is 11.6 Å². The van der Waals surface area contributed by atoms with Gasteiger partial charge in [-0.1, -0.05) is 23.7 Å². The molecule has 0 saturated carbocycles. The zero-order chi connectivity index (χ0) is 19.3. The minimum Gasteiger partial charge on any atom is -0.369 e.